The topological polar surface area (TPSA) is 48.5 Å². The minimum Gasteiger partial charge on any atom is -0.309 e. The second-order valence-electron chi connectivity index (χ2n) is 14.4. The van der Waals surface area contributed by atoms with Crippen LogP contribution in [0.5, 0.6) is 0 Å². The van der Waals surface area contributed by atoms with Gasteiger partial charge in [0.25, 0.3) is 0 Å². The fraction of sp³-hybridized carbons (Fsp3) is 0. The normalized spacial score (nSPS) is 11.9. The lowest BCUT2D eigenvalue weighted by atomic mass is 10.0. The highest BCUT2D eigenvalue weighted by atomic mass is 32.1. The maximum absolute atomic E-state index is 5.44. The molecular weight excluding hydrogens is 715 g/mol. The molecule has 266 valence electrons. The Morgan fingerprint density at radius 3 is 1.46 bits per heavy atom. The molecule has 0 aliphatic heterocycles. The van der Waals surface area contributed by atoms with E-state index in [0.29, 0.717) is 17.6 Å². The molecule has 0 unspecified atom stereocenters. The third-order valence-corrected chi connectivity index (χ3v) is 12.4. The molecule has 0 aliphatic carbocycles. The Balaban J connectivity index is 1.20. The number of benzene rings is 8. The number of para-hydroxylation sites is 4. The molecule has 57 heavy (non-hydrogen) atoms. The number of fused-ring (bicyclic) bond motifs is 9. The van der Waals surface area contributed by atoms with E-state index in [9.17, 15) is 0 Å². The number of hydrogen-bond donors (Lipinski definition) is 0. The molecule has 0 aliphatic rings. The van der Waals surface area contributed by atoms with Crippen LogP contribution in [0.4, 0.5) is 0 Å². The van der Waals surface area contributed by atoms with E-state index in [4.69, 9.17) is 15.0 Å². The van der Waals surface area contributed by atoms with Crippen molar-refractivity contribution in [2.75, 3.05) is 0 Å². The summed E-state index contributed by atoms with van der Waals surface area (Å²) in [5, 5.41) is 7.13. The largest absolute Gasteiger partial charge is 0.309 e. The molecule has 0 saturated heterocycles. The van der Waals surface area contributed by atoms with E-state index in [2.05, 4.69) is 179 Å². The molecule has 0 atom stereocenters. The van der Waals surface area contributed by atoms with Crippen LogP contribution in [0.1, 0.15) is 0 Å². The highest BCUT2D eigenvalue weighted by molar-refractivity contribution is 7.26. The summed E-state index contributed by atoms with van der Waals surface area (Å²) in [5.74, 6) is 1.84. The molecular formula is C51H31N5S. The molecule has 0 saturated carbocycles. The van der Waals surface area contributed by atoms with Gasteiger partial charge in [-0.05, 0) is 59.7 Å². The summed E-state index contributed by atoms with van der Waals surface area (Å²) < 4.78 is 6.93. The average molecular weight is 746 g/mol. The molecule has 0 fully saturated rings. The molecule has 4 aromatic heterocycles. The maximum Gasteiger partial charge on any atom is 0.238 e. The van der Waals surface area contributed by atoms with E-state index < -0.39 is 0 Å². The third-order valence-electron chi connectivity index (χ3n) is 11.2. The van der Waals surface area contributed by atoms with Crippen molar-refractivity contribution in [1.82, 2.24) is 24.1 Å². The van der Waals surface area contributed by atoms with E-state index in [1.54, 1.807) is 11.3 Å². The van der Waals surface area contributed by atoms with Crippen LogP contribution in [0.3, 0.4) is 0 Å². The number of aromatic nitrogens is 5. The molecule has 0 N–H and O–H groups in total. The summed E-state index contributed by atoms with van der Waals surface area (Å²) >= 11 is 1.79. The quantitative estimate of drug-likeness (QED) is 0.176. The lowest BCUT2D eigenvalue weighted by Gasteiger charge is -2.14. The van der Waals surface area contributed by atoms with Gasteiger partial charge in [0, 0.05) is 58.5 Å². The molecule has 4 heterocycles. The van der Waals surface area contributed by atoms with Crippen LogP contribution in [0, 0.1) is 0 Å². The van der Waals surface area contributed by atoms with Crippen LogP contribution >= 0.6 is 11.3 Å². The summed E-state index contributed by atoms with van der Waals surface area (Å²) in [7, 11) is 0. The monoisotopic (exact) mass is 745 g/mol. The predicted octanol–water partition coefficient (Wildman–Crippen LogP) is 13.4. The first-order chi connectivity index (χ1) is 28.3. The Bertz CT molecular complexity index is 3420. The molecule has 8 aromatic carbocycles. The van der Waals surface area contributed by atoms with Crippen molar-refractivity contribution < 1.29 is 0 Å². The summed E-state index contributed by atoms with van der Waals surface area (Å²) in [6.07, 6.45) is 0. The number of hydrogen-bond acceptors (Lipinski definition) is 4. The summed E-state index contributed by atoms with van der Waals surface area (Å²) in [5.41, 5.74) is 9.74. The second kappa shape index (κ2) is 12.6. The van der Waals surface area contributed by atoms with E-state index in [1.165, 1.54) is 37.4 Å². The van der Waals surface area contributed by atoms with E-state index in [1.807, 2.05) is 18.2 Å². The van der Waals surface area contributed by atoms with E-state index in [0.717, 1.165) is 54.4 Å². The van der Waals surface area contributed by atoms with Crippen LogP contribution in [0.2, 0.25) is 0 Å². The van der Waals surface area contributed by atoms with Crippen molar-refractivity contribution in [1.29, 1.82) is 0 Å². The van der Waals surface area contributed by atoms with Gasteiger partial charge < -0.3 is 4.57 Å². The highest BCUT2D eigenvalue weighted by Gasteiger charge is 2.22. The summed E-state index contributed by atoms with van der Waals surface area (Å²) in [4.78, 5) is 16.0. The van der Waals surface area contributed by atoms with E-state index in [-0.39, 0.29) is 0 Å². The molecule has 5 nitrogen and oxygen atoms in total. The second-order valence-corrected chi connectivity index (χ2v) is 15.5. The number of rotatable bonds is 5. The van der Waals surface area contributed by atoms with Crippen molar-refractivity contribution in [3.63, 3.8) is 0 Å². The lowest BCUT2D eigenvalue weighted by Crippen LogP contribution is -2.06. The fourth-order valence-corrected chi connectivity index (χ4v) is 9.78. The third kappa shape index (κ3) is 4.98. The van der Waals surface area contributed by atoms with Gasteiger partial charge in [0.1, 0.15) is 0 Å². The number of nitrogens with zero attached hydrogens (tertiary/aromatic N) is 5. The highest BCUT2D eigenvalue weighted by Crippen LogP contribution is 2.44. The SMILES string of the molecule is c1ccc(-c2ccc3sc4c(-c5nc(-c6ccccc6)nc(-n6c7ccccc7c7ccccc76)n5)cc(-n5c6ccccc6c6ccccc65)cc4c3c2)cc1. The summed E-state index contributed by atoms with van der Waals surface area (Å²) in [6, 6.07) is 66.7. The molecule has 12 aromatic rings. The average Bonchev–Trinajstić information content (AvgIpc) is 3.94. The Kier molecular flexibility index (Phi) is 7.03. The van der Waals surface area contributed by atoms with Gasteiger partial charge >= 0.3 is 0 Å². The molecule has 12 rings (SSSR count). The Morgan fingerprint density at radius 2 is 0.860 bits per heavy atom. The van der Waals surface area contributed by atoms with E-state index >= 15 is 0 Å². The zero-order valence-corrected chi connectivity index (χ0v) is 31.4. The van der Waals surface area contributed by atoms with Gasteiger partial charge in [-0.1, -0.05) is 140 Å². The van der Waals surface area contributed by atoms with Crippen molar-refractivity contribution in [3.05, 3.63) is 188 Å². The molecule has 0 spiro atoms. The minimum atomic E-state index is 0.583. The van der Waals surface area contributed by atoms with Gasteiger partial charge in [0.15, 0.2) is 11.6 Å². The Morgan fingerprint density at radius 1 is 0.351 bits per heavy atom. The Hall–Kier alpha value is -7.41. The van der Waals surface area contributed by atoms with Gasteiger partial charge in [0.2, 0.25) is 5.95 Å². The first-order valence-corrected chi connectivity index (χ1v) is 19.9. The van der Waals surface area contributed by atoms with Crippen LogP contribution in [-0.2, 0) is 0 Å². The van der Waals surface area contributed by atoms with Crippen molar-refractivity contribution in [2.45, 2.75) is 0 Å². The van der Waals surface area contributed by atoms with Crippen LogP contribution < -0.4 is 0 Å². The Labute approximate surface area is 331 Å². The number of thiophene rings is 1. The molecule has 0 amide bonds. The summed E-state index contributed by atoms with van der Waals surface area (Å²) in [6.45, 7) is 0. The maximum atomic E-state index is 5.44. The van der Waals surface area contributed by atoms with Crippen LogP contribution in [0.25, 0.3) is 109 Å². The minimum absolute atomic E-state index is 0.583. The molecule has 6 heteroatoms. The van der Waals surface area contributed by atoms with Crippen molar-refractivity contribution in [2.24, 2.45) is 0 Å². The van der Waals surface area contributed by atoms with Crippen LogP contribution in [0.15, 0.2) is 188 Å². The molecule has 0 bridgehead atoms. The zero-order valence-electron chi connectivity index (χ0n) is 30.5. The zero-order chi connectivity index (χ0) is 37.5. The molecule has 0 radical (unpaired) electrons. The first-order valence-electron chi connectivity index (χ1n) is 19.1. The predicted molar refractivity (Wildman–Crippen MR) is 238 cm³/mol. The van der Waals surface area contributed by atoms with Crippen LogP contribution in [-0.4, -0.2) is 24.1 Å². The van der Waals surface area contributed by atoms with Gasteiger partial charge in [0.05, 0.1) is 22.1 Å². The van der Waals surface area contributed by atoms with Gasteiger partial charge in [-0.15, -0.1) is 11.3 Å². The van der Waals surface area contributed by atoms with Gasteiger partial charge in [-0.25, -0.2) is 4.98 Å². The smallest absolute Gasteiger partial charge is 0.238 e. The lowest BCUT2D eigenvalue weighted by molar-refractivity contribution is 0.954. The van der Waals surface area contributed by atoms with Crippen molar-refractivity contribution in [3.8, 4) is 45.5 Å². The van der Waals surface area contributed by atoms with Crippen molar-refractivity contribution >= 4 is 75.1 Å². The first kappa shape index (κ1) is 31.9. The van der Waals surface area contributed by atoms with Gasteiger partial charge in [-0.3, -0.25) is 4.57 Å². The van der Waals surface area contributed by atoms with Gasteiger partial charge in [-0.2, -0.15) is 9.97 Å². The standard InChI is InChI=1S/C51H31N5S/c1-3-15-32(16-4-1)34-27-28-47-40(29-34)41-30-35(55-43-23-11-7-19-36(43)37-20-8-12-24-44(37)55)31-42(48(41)57-47)50-52-49(33-17-5-2-6-18-33)53-51(54-50)56-45-25-13-9-21-38(45)39-22-10-14-26-46(39)56/h1-31H. The fourth-order valence-electron chi connectivity index (χ4n) is 8.61.